The standard InChI is InChI=1S/C15H19N3O2/c1-2-17-7-3-4-11(9-17)18-14(19)12-6-5-10(16)8-13(12)15(18)20/h5-6,8,11H,2-4,7,9,16H2,1H3. The molecule has 2 aliphatic heterocycles. The predicted octanol–water partition coefficient (Wildman–Crippen LogP) is 1.35. The van der Waals surface area contributed by atoms with Crippen LogP contribution in [0.1, 0.15) is 40.5 Å². The van der Waals surface area contributed by atoms with Crippen molar-refractivity contribution in [2.75, 3.05) is 25.4 Å². The largest absolute Gasteiger partial charge is 0.399 e. The Morgan fingerprint density at radius 1 is 1.25 bits per heavy atom. The Morgan fingerprint density at radius 2 is 2.00 bits per heavy atom. The summed E-state index contributed by atoms with van der Waals surface area (Å²) in [6, 6.07) is 4.92. The van der Waals surface area contributed by atoms with Crippen molar-refractivity contribution in [1.82, 2.24) is 9.80 Å². The van der Waals surface area contributed by atoms with E-state index in [0.29, 0.717) is 16.8 Å². The zero-order valence-corrected chi connectivity index (χ0v) is 11.6. The molecule has 5 heteroatoms. The summed E-state index contributed by atoms with van der Waals surface area (Å²) in [7, 11) is 0. The highest BCUT2D eigenvalue weighted by Crippen LogP contribution is 2.29. The molecule has 0 radical (unpaired) electrons. The number of nitrogen functional groups attached to an aromatic ring is 1. The molecule has 5 nitrogen and oxygen atoms in total. The average Bonchev–Trinajstić information content (AvgIpc) is 2.70. The van der Waals surface area contributed by atoms with Gasteiger partial charge < -0.3 is 10.6 Å². The van der Waals surface area contributed by atoms with E-state index in [1.54, 1.807) is 18.2 Å². The van der Waals surface area contributed by atoms with Crippen LogP contribution in [0.2, 0.25) is 0 Å². The number of piperidine rings is 1. The molecule has 2 N–H and O–H groups in total. The lowest BCUT2D eigenvalue weighted by Crippen LogP contribution is -2.50. The molecule has 0 spiro atoms. The van der Waals surface area contributed by atoms with Crippen LogP contribution in [0.15, 0.2) is 18.2 Å². The predicted molar refractivity (Wildman–Crippen MR) is 76.5 cm³/mol. The van der Waals surface area contributed by atoms with Crippen molar-refractivity contribution in [1.29, 1.82) is 0 Å². The second kappa shape index (κ2) is 4.90. The number of amides is 2. The molecule has 1 unspecified atom stereocenters. The highest BCUT2D eigenvalue weighted by Gasteiger charge is 2.41. The van der Waals surface area contributed by atoms with E-state index in [4.69, 9.17) is 5.73 Å². The van der Waals surface area contributed by atoms with E-state index in [1.165, 1.54) is 4.90 Å². The average molecular weight is 273 g/mol. The van der Waals surface area contributed by atoms with Gasteiger partial charge in [0.25, 0.3) is 11.8 Å². The highest BCUT2D eigenvalue weighted by molar-refractivity contribution is 6.21. The van der Waals surface area contributed by atoms with Crippen LogP contribution in [-0.2, 0) is 0 Å². The van der Waals surface area contributed by atoms with Crippen LogP contribution >= 0.6 is 0 Å². The number of carbonyl (C=O) groups is 2. The van der Waals surface area contributed by atoms with Crippen LogP contribution < -0.4 is 5.73 Å². The summed E-state index contributed by atoms with van der Waals surface area (Å²) in [5.74, 6) is -0.367. The Balaban J connectivity index is 1.89. The maximum absolute atomic E-state index is 12.5. The maximum atomic E-state index is 12.5. The molecule has 1 aromatic rings. The van der Waals surface area contributed by atoms with Crippen LogP contribution in [0, 0.1) is 0 Å². The summed E-state index contributed by atoms with van der Waals surface area (Å²) < 4.78 is 0. The van der Waals surface area contributed by atoms with E-state index in [2.05, 4.69) is 11.8 Å². The molecule has 3 rings (SSSR count). The molecular formula is C15H19N3O2. The first-order valence-electron chi connectivity index (χ1n) is 7.11. The number of rotatable bonds is 2. The molecular weight excluding hydrogens is 254 g/mol. The molecule has 0 aromatic heterocycles. The summed E-state index contributed by atoms with van der Waals surface area (Å²) in [5.41, 5.74) is 7.17. The van der Waals surface area contributed by atoms with E-state index < -0.39 is 0 Å². The van der Waals surface area contributed by atoms with E-state index in [9.17, 15) is 9.59 Å². The Morgan fingerprint density at radius 3 is 2.75 bits per heavy atom. The lowest BCUT2D eigenvalue weighted by atomic mass is 10.0. The van der Waals surface area contributed by atoms with Crippen molar-refractivity contribution in [2.45, 2.75) is 25.8 Å². The minimum absolute atomic E-state index is 0.0164. The molecule has 2 heterocycles. The van der Waals surface area contributed by atoms with Gasteiger partial charge in [-0.3, -0.25) is 14.5 Å². The Hall–Kier alpha value is -1.88. The molecule has 2 aliphatic rings. The van der Waals surface area contributed by atoms with Gasteiger partial charge in [0.1, 0.15) is 0 Å². The van der Waals surface area contributed by atoms with Crippen molar-refractivity contribution in [3.05, 3.63) is 29.3 Å². The number of fused-ring (bicyclic) bond motifs is 1. The lowest BCUT2D eigenvalue weighted by molar-refractivity contribution is 0.0486. The lowest BCUT2D eigenvalue weighted by Gasteiger charge is -2.36. The van der Waals surface area contributed by atoms with E-state index in [0.717, 1.165) is 32.5 Å². The van der Waals surface area contributed by atoms with E-state index in [-0.39, 0.29) is 17.9 Å². The quantitative estimate of drug-likeness (QED) is 0.652. The molecule has 20 heavy (non-hydrogen) atoms. The van der Waals surface area contributed by atoms with Gasteiger partial charge >= 0.3 is 0 Å². The third kappa shape index (κ3) is 1.98. The molecule has 1 fully saturated rings. The monoisotopic (exact) mass is 273 g/mol. The highest BCUT2D eigenvalue weighted by atomic mass is 16.2. The molecule has 106 valence electrons. The number of imide groups is 1. The van der Waals surface area contributed by atoms with Gasteiger partial charge in [0.2, 0.25) is 0 Å². The summed E-state index contributed by atoms with van der Waals surface area (Å²) in [4.78, 5) is 28.7. The molecule has 2 amide bonds. The fraction of sp³-hybridized carbons (Fsp3) is 0.467. The second-order valence-corrected chi connectivity index (χ2v) is 5.47. The Kier molecular flexibility index (Phi) is 3.22. The Bertz CT molecular complexity index is 570. The Labute approximate surface area is 118 Å². The molecule has 1 atom stereocenters. The summed E-state index contributed by atoms with van der Waals surface area (Å²) in [6.07, 6.45) is 1.91. The van der Waals surface area contributed by atoms with Gasteiger partial charge in [-0.05, 0) is 44.1 Å². The van der Waals surface area contributed by atoms with E-state index >= 15 is 0 Å². The first-order valence-corrected chi connectivity index (χ1v) is 7.11. The molecule has 1 saturated heterocycles. The fourth-order valence-corrected chi connectivity index (χ4v) is 3.14. The second-order valence-electron chi connectivity index (χ2n) is 5.47. The topological polar surface area (TPSA) is 66.6 Å². The van der Waals surface area contributed by atoms with Gasteiger partial charge in [0, 0.05) is 12.2 Å². The fourth-order valence-electron chi connectivity index (χ4n) is 3.14. The van der Waals surface area contributed by atoms with E-state index in [1.807, 2.05) is 0 Å². The van der Waals surface area contributed by atoms with Crippen molar-refractivity contribution in [3.63, 3.8) is 0 Å². The number of nitrogens with two attached hydrogens (primary N) is 1. The number of anilines is 1. The number of nitrogens with zero attached hydrogens (tertiary/aromatic N) is 2. The van der Waals surface area contributed by atoms with Crippen molar-refractivity contribution in [3.8, 4) is 0 Å². The SMILES string of the molecule is CCN1CCCC(N2C(=O)c3ccc(N)cc3C2=O)C1. The van der Waals surface area contributed by atoms with Gasteiger partial charge in [0.05, 0.1) is 17.2 Å². The first kappa shape index (κ1) is 13.1. The van der Waals surface area contributed by atoms with Crippen molar-refractivity contribution < 1.29 is 9.59 Å². The number of likely N-dealkylation sites (tertiary alicyclic amines) is 1. The number of likely N-dealkylation sites (N-methyl/N-ethyl adjacent to an activating group) is 1. The van der Waals surface area contributed by atoms with Gasteiger partial charge in [-0.25, -0.2) is 0 Å². The van der Waals surface area contributed by atoms with Crippen LogP contribution in [0.5, 0.6) is 0 Å². The first-order chi connectivity index (χ1) is 9.61. The molecule has 0 aliphatic carbocycles. The summed E-state index contributed by atoms with van der Waals surface area (Å²) in [6.45, 7) is 4.87. The van der Waals surface area contributed by atoms with Crippen molar-refractivity contribution in [2.24, 2.45) is 0 Å². The van der Waals surface area contributed by atoms with Gasteiger partial charge in [-0.2, -0.15) is 0 Å². The van der Waals surface area contributed by atoms with Crippen LogP contribution in [0.4, 0.5) is 5.69 Å². The van der Waals surface area contributed by atoms with Crippen LogP contribution in [0.3, 0.4) is 0 Å². The number of hydrogen-bond donors (Lipinski definition) is 1. The number of benzene rings is 1. The van der Waals surface area contributed by atoms with Gasteiger partial charge in [-0.15, -0.1) is 0 Å². The summed E-state index contributed by atoms with van der Waals surface area (Å²) in [5, 5.41) is 0. The van der Waals surface area contributed by atoms with Crippen LogP contribution in [-0.4, -0.2) is 47.3 Å². The minimum Gasteiger partial charge on any atom is -0.399 e. The number of hydrogen-bond acceptors (Lipinski definition) is 4. The molecule has 1 aromatic carbocycles. The third-order valence-electron chi connectivity index (χ3n) is 4.24. The maximum Gasteiger partial charge on any atom is 0.261 e. The minimum atomic E-state index is -0.194. The molecule has 0 bridgehead atoms. The number of carbonyl (C=O) groups excluding carboxylic acids is 2. The zero-order chi connectivity index (χ0) is 14.3. The zero-order valence-electron chi connectivity index (χ0n) is 11.6. The van der Waals surface area contributed by atoms with Gasteiger partial charge in [-0.1, -0.05) is 6.92 Å². The summed E-state index contributed by atoms with van der Waals surface area (Å²) >= 11 is 0. The van der Waals surface area contributed by atoms with Gasteiger partial charge in [0.15, 0.2) is 0 Å². The van der Waals surface area contributed by atoms with Crippen LogP contribution in [0.25, 0.3) is 0 Å². The third-order valence-corrected chi connectivity index (χ3v) is 4.24. The normalized spacial score (nSPS) is 23.2. The smallest absolute Gasteiger partial charge is 0.261 e. The van der Waals surface area contributed by atoms with Crippen molar-refractivity contribution >= 4 is 17.5 Å². The molecule has 0 saturated carbocycles.